The molecule has 1 aliphatic rings. The van der Waals surface area contributed by atoms with Gasteiger partial charge in [0, 0.05) is 36.7 Å². The monoisotopic (exact) mass is 358 g/mol. The molecular formula is C19H23FN4O2. The topological polar surface area (TPSA) is 68.2 Å². The highest BCUT2D eigenvalue weighted by molar-refractivity contribution is 5.92. The fraction of sp³-hybridized carbons (Fsp3) is 0.474. The summed E-state index contributed by atoms with van der Waals surface area (Å²) in [5.41, 5.74) is 0.719. The average molecular weight is 358 g/mol. The molecule has 26 heavy (non-hydrogen) atoms. The standard InChI is InChI=1S/C19H23FN4O2/c1-19(2,3)15-6-7-16(23-22-15)26-12-13-8-10-24(11-13)18(25)17-14(20)5-4-9-21-17/h4-7,9,13H,8,10-12H2,1-3H3. The number of pyridine rings is 1. The van der Waals surface area contributed by atoms with E-state index < -0.39 is 5.82 Å². The molecule has 0 N–H and O–H groups in total. The largest absolute Gasteiger partial charge is 0.476 e. The number of rotatable bonds is 4. The second-order valence-corrected chi connectivity index (χ2v) is 7.56. The zero-order valence-electron chi connectivity index (χ0n) is 15.3. The van der Waals surface area contributed by atoms with Crippen LogP contribution in [0.5, 0.6) is 5.88 Å². The van der Waals surface area contributed by atoms with Gasteiger partial charge in [0.2, 0.25) is 5.88 Å². The van der Waals surface area contributed by atoms with Crippen molar-refractivity contribution in [2.45, 2.75) is 32.6 Å². The molecule has 0 aliphatic carbocycles. The van der Waals surface area contributed by atoms with Gasteiger partial charge in [-0.15, -0.1) is 5.10 Å². The van der Waals surface area contributed by atoms with Gasteiger partial charge in [0.05, 0.1) is 12.3 Å². The molecule has 3 rings (SSSR count). The van der Waals surface area contributed by atoms with Crippen LogP contribution in [0.15, 0.2) is 30.5 Å². The minimum Gasteiger partial charge on any atom is -0.476 e. The molecule has 1 amide bonds. The van der Waals surface area contributed by atoms with E-state index in [1.807, 2.05) is 12.1 Å². The highest BCUT2D eigenvalue weighted by Gasteiger charge is 2.29. The summed E-state index contributed by atoms with van der Waals surface area (Å²) in [4.78, 5) is 17.9. The van der Waals surface area contributed by atoms with Crippen molar-refractivity contribution in [3.8, 4) is 5.88 Å². The molecule has 0 bridgehead atoms. The fourth-order valence-electron chi connectivity index (χ4n) is 2.85. The number of aromatic nitrogens is 3. The van der Waals surface area contributed by atoms with Crippen molar-refractivity contribution in [1.29, 1.82) is 0 Å². The first-order valence-corrected chi connectivity index (χ1v) is 8.71. The third-order valence-corrected chi connectivity index (χ3v) is 4.41. The Morgan fingerprint density at radius 2 is 2.12 bits per heavy atom. The molecule has 138 valence electrons. The average Bonchev–Trinajstić information content (AvgIpc) is 3.08. The third-order valence-electron chi connectivity index (χ3n) is 4.41. The molecule has 0 aromatic carbocycles. The van der Waals surface area contributed by atoms with Crippen LogP contribution >= 0.6 is 0 Å². The summed E-state index contributed by atoms with van der Waals surface area (Å²) in [6, 6.07) is 6.45. The molecule has 0 spiro atoms. The first kappa shape index (κ1) is 18.2. The van der Waals surface area contributed by atoms with E-state index in [0.29, 0.717) is 25.6 Å². The maximum atomic E-state index is 13.7. The van der Waals surface area contributed by atoms with Crippen molar-refractivity contribution >= 4 is 5.91 Å². The van der Waals surface area contributed by atoms with Crippen LogP contribution in [-0.4, -0.2) is 45.7 Å². The summed E-state index contributed by atoms with van der Waals surface area (Å²) in [7, 11) is 0. The van der Waals surface area contributed by atoms with Gasteiger partial charge in [-0.1, -0.05) is 20.8 Å². The molecule has 7 heteroatoms. The Balaban J connectivity index is 1.53. The zero-order valence-corrected chi connectivity index (χ0v) is 15.3. The van der Waals surface area contributed by atoms with Crippen LogP contribution in [-0.2, 0) is 5.41 Å². The maximum absolute atomic E-state index is 13.7. The van der Waals surface area contributed by atoms with Crippen LogP contribution in [0.2, 0.25) is 0 Å². The number of carbonyl (C=O) groups excluding carboxylic acids is 1. The van der Waals surface area contributed by atoms with Gasteiger partial charge in [0.1, 0.15) is 0 Å². The molecule has 1 unspecified atom stereocenters. The van der Waals surface area contributed by atoms with Crippen LogP contribution in [0.4, 0.5) is 4.39 Å². The van der Waals surface area contributed by atoms with Gasteiger partial charge in [-0.05, 0) is 24.6 Å². The Bertz CT molecular complexity index is 774. The van der Waals surface area contributed by atoms with Crippen molar-refractivity contribution in [3.63, 3.8) is 0 Å². The number of likely N-dealkylation sites (tertiary alicyclic amines) is 1. The summed E-state index contributed by atoms with van der Waals surface area (Å²) in [5.74, 6) is -0.320. The lowest BCUT2D eigenvalue weighted by Crippen LogP contribution is -2.31. The van der Waals surface area contributed by atoms with Crippen LogP contribution in [0.25, 0.3) is 0 Å². The highest BCUT2D eigenvalue weighted by Crippen LogP contribution is 2.22. The van der Waals surface area contributed by atoms with Gasteiger partial charge in [-0.3, -0.25) is 4.79 Å². The predicted octanol–water partition coefficient (Wildman–Crippen LogP) is 2.85. The minimum atomic E-state index is -0.591. The molecule has 1 atom stereocenters. The van der Waals surface area contributed by atoms with Crippen molar-refractivity contribution < 1.29 is 13.9 Å². The van der Waals surface area contributed by atoms with Crippen molar-refractivity contribution in [3.05, 3.63) is 47.7 Å². The molecule has 1 fully saturated rings. The lowest BCUT2D eigenvalue weighted by Gasteiger charge is -2.17. The van der Waals surface area contributed by atoms with Crippen LogP contribution < -0.4 is 4.74 Å². The first-order chi connectivity index (χ1) is 12.3. The summed E-state index contributed by atoms with van der Waals surface area (Å²) in [5, 5.41) is 8.31. The number of hydrogen-bond acceptors (Lipinski definition) is 5. The quantitative estimate of drug-likeness (QED) is 0.841. The number of ether oxygens (including phenoxy) is 1. The highest BCUT2D eigenvalue weighted by atomic mass is 19.1. The van der Waals surface area contributed by atoms with E-state index in [9.17, 15) is 9.18 Å². The normalized spacial score (nSPS) is 17.4. The van der Waals surface area contributed by atoms with E-state index >= 15 is 0 Å². The van der Waals surface area contributed by atoms with E-state index in [-0.39, 0.29) is 22.9 Å². The van der Waals surface area contributed by atoms with Crippen LogP contribution in [0, 0.1) is 11.7 Å². The van der Waals surface area contributed by atoms with Gasteiger partial charge in [-0.2, -0.15) is 5.10 Å². The van der Waals surface area contributed by atoms with Gasteiger partial charge < -0.3 is 9.64 Å². The second-order valence-electron chi connectivity index (χ2n) is 7.56. The number of carbonyl (C=O) groups is 1. The van der Waals surface area contributed by atoms with Gasteiger partial charge >= 0.3 is 0 Å². The lowest BCUT2D eigenvalue weighted by molar-refractivity contribution is 0.0772. The van der Waals surface area contributed by atoms with E-state index in [1.54, 1.807) is 4.90 Å². The van der Waals surface area contributed by atoms with Gasteiger partial charge in [-0.25, -0.2) is 9.37 Å². The van der Waals surface area contributed by atoms with Crippen molar-refractivity contribution in [2.75, 3.05) is 19.7 Å². The van der Waals surface area contributed by atoms with Crippen LogP contribution in [0.1, 0.15) is 43.4 Å². The maximum Gasteiger partial charge on any atom is 0.275 e. The summed E-state index contributed by atoms with van der Waals surface area (Å²) in [6.07, 6.45) is 2.22. The molecule has 0 saturated carbocycles. The van der Waals surface area contributed by atoms with E-state index in [4.69, 9.17) is 4.74 Å². The molecule has 3 heterocycles. The number of nitrogens with zero attached hydrogens (tertiary/aromatic N) is 4. The molecule has 2 aromatic heterocycles. The fourth-order valence-corrected chi connectivity index (χ4v) is 2.85. The Morgan fingerprint density at radius 1 is 1.31 bits per heavy atom. The number of amides is 1. The minimum absolute atomic E-state index is 0.0570. The molecule has 0 radical (unpaired) electrons. The third kappa shape index (κ3) is 4.15. The van der Waals surface area contributed by atoms with Crippen LogP contribution in [0.3, 0.4) is 0 Å². The molecule has 1 aliphatic heterocycles. The Hall–Kier alpha value is -2.57. The van der Waals surface area contributed by atoms with E-state index in [1.165, 1.54) is 18.3 Å². The molecule has 2 aromatic rings. The first-order valence-electron chi connectivity index (χ1n) is 8.71. The Labute approximate surface area is 152 Å². The molecule has 1 saturated heterocycles. The summed E-state index contributed by atoms with van der Waals surface area (Å²) >= 11 is 0. The van der Waals surface area contributed by atoms with Gasteiger partial charge in [0.15, 0.2) is 11.5 Å². The van der Waals surface area contributed by atoms with Crippen molar-refractivity contribution in [1.82, 2.24) is 20.1 Å². The SMILES string of the molecule is CC(C)(C)c1ccc(OCC2CCN(C(=O)c3ncccc3F)C2)nn1. The van der Waals surface area contributed by atoms with E-state index in [0.717, 1.165) is 12.1 Å². The van der Waals surface area contributed by atoms with Crippen molar-refractivity contribution in [2.24, 2.45) is 5.92 Å². The smallest absolute Gasteiger partial charge is 0.275 e. The molecular weight excluding hydrogens is 335 g/mol. The predicted molar refractivity (Wildman–Crippen MR) is 94.4 cm³/mol. The second kappa shape index (κ2) is 7.35. The lowest BCUT2D eigenvalue weighted by atomic mass is 9.92. The summed E-state index contributed by atoms with van der Waals surface area (Å²) < 4.78 is 19.4. The summed E-state index contributed by atoms with van der Waals surface area (Å²) in [6.45, 7) is 7.75. The van der Waals surface area contributed by atoms with Gasteiger partial charge in [0.25, 0.3) is 5.91 Å². The Morgan fingerprint density at radius 3 is 2.77 bits per heavy atom. The zero-order chi connectivity index (χ0) is 18.7. The number of halogens is 1. The molecule has 6 nitrogen and oxygen atoms in total. The Kier molecular flexibility index (Phi) is 5.15. The number of hydrogen-bond donors (Lipinski definition) is 0. The van der Waals surface area contributed by atoms with E-state index in [2.05, 4.69) is 36.0 Å².